The lowest BCUT2D eigenvalue weighted by molar-refractivity contribution is -0.130. The third kappa shape index (κ3) is 5.73. The number of hydrogen-bond acceptors (Lipinski definition) is 3. The maximum Gasteiger partial charge on any atom is 0.235 e. The van der Waals surface area contributed by atoms with Gasteiger partial charge in [0.25, 0.3) is 0 Å². The highest BCUT2D eigenvalue weighted by Crippen LogP contribution is 2.40. The number of benzene rings is 1. The lowest BCUT2D eigenvalue weighted by atomic mass is 9.97. The maximum atomic E-state index is 13.0. The van der Waals surface area contributed by atoms with Crippen LogP contribution in [0.25, 0.3) is 0 Å². The van der Waals surface area contributed by atoms with Crippen molar-refractivity contribution in [2.24, 2.45) is 5.92 Å². The summed E-state index contributed by atoms with van der Waals surface area (Å²) in [4.78, 5) is 27.2. The molecule has 1 amide bonds. The minimum absolute atomic E-state index is 0.0737. The van der Waals surface area contributed by atoms with Crippen molar-refractivity contribution >= 4 is 23.5 Å². The van der Waals surface area contributed by atoms with Gasteiger partial charge in [-0.3, -0.25) is 9.59 Å². The van der Waals surface area contributed by atoms with Crippen molar-refractivity contribution in [2.45, 2.75) is 56.5 Å². The normalized spacial score (nSPS) is 22.2. The smallest absolute Gasteiger partial charge is 0.235 e. The summed E-state index contributed by atoms with van der Waals surface area (Å²) in [5, 5.41) is 0.624. The fourth-order valence-electron chi connectivity index (χ4n) is 3.53. The van der Waals surface area contributed by atoms with Gasteiger partial charge < -0.3 is 4.90 Å². The van der Waals surface area contributed by atoms with Gasteiger partial charge in [-0.05, 0) is 25.2 Å². The Balaban J connectivity index is 1.89. The molecule has 1 fully saturated rings. The minimum Gasteiger partial charge on any atom is -0.341 e. The van der Waals surface area contributed by atoms with Crippen molar-refractivity contribution in [3.63, 3.8) is 0 Å². The van der Waals surface area contributed by atoms with Crippen LogP contribution in [0.2, 0.25) is 0 Å². The highest BCUT2D eigenvalue weighted by molar-refractivity contribution is 8.01. The molecule has 0 saturated carbocycles. The Morgan fingerprint density at radius 1 is 1.27 bits per heavy atom. The number of hydrogen-bond donors (Lipinski definition) is 0. The Morgan fingerprint density at radius 3 is 2.62 bits per heavy atom. The van der Waals surface area contributed by atoms with Gasteiger partial charge in [0.2, 0.25) is 5.91 Å². The molecule has 1 saturated heterocycles. The van der Waals surface area contributed by atoms with Crippen molar-refractivity contribution in [3.05, 3.63) is 48.6 Å². The molecule has 1 aromatic carbocycles. The molecular formula is C22H31NO2S. The molecule has 2 rings (SSSR count). The summed E-state index contributed by atoms with van der Waals surface area (Å²) < 4.78 is 0. The van der Waals surface area contributed by atoms with Gasteiger partial charge in [0, 0.05) is 30.3 Å². The number of Topliss-reactive ketones (excluding diaryl/α,β-unsaturated/α-hetero) is 1. The van der Waals surface area contributed by atoms with Crippen molar-refractivity contribution in [3.8, 4) is 0 Å². The monoisotopic (exact) mass is 373 g/mol. The van der Waals surface area contributed by atoms with Gasteiger partial charge in [-0.25, -0.2) is 0 Å². The van der Waals surface area contributed by atoms with Crippen LogP contribution in [0, 0.1) is 5.92 Å². The van der Waals surface area contributed by atoms with Crippen LogP contribution < -0.4 is 0 Å². The molecule has 3 unspecified atom stereocenters. The summed E-state index contributed by atoms with van der Waals surface area (Å²) in [7, 11) is 0. The van der Waals surface area contributed by atoms with Gasteiger partial charge in [-0.15, -0.1) is 18.3 Å². The van der Waals surface area contributed by atoms with Gasteiger partial charge in [-0.1, -0.05) is 56.7 Å². The molecular weight excluding hydrogens is 342 g/mol. The van der Waals surface area contributed by atoms with Crippen molar-refractivity contribution in [2.75, 3.05) is 13.1 Å². The standard InChI is InChI=1S/C22H31NO2S/c1-4-6-14-23(22(25)21-16-18(5-2)17(3)26-21)15-10-13-20(24)19-11-8-7-9-12-19/h4,7-9,11-12,17-18,21H,1,5-6,10,13-16H2,2-3H3. The maximum absolute atomic E-state index is 13.0. The second-order valence-electron chi connectivity index (χ2n) is 7.03. The topological polar surface area (TPSA) is 37.4 Å². The molecule has 4 heteroatoms. The van der Waals surface area contributed by atoms with Crippen LogP contribution in [0.5, 0.6) is 0 Å². The average Bonchev–Trinajstić information content (AvgIpc) is 3.05. The van der Waals surface area contributed by atoms with Crippen LogP contribution in [0.3, 0.4) is 0 Å². The van der Waals surface area contributed by atoms with Crippen molar-refractivity contribution in [1.82, 2.24) is 4.90 Å². The Morgan fingerprint density at radius 2 is 2.00 bits per heavy atom. The van der Waals surface area contributed by atoms with Crippen LogP contribution in [-0.2, 0) is 4.79 Å². The zero-order valence-electron chi connectivity index (χ0n) is 16.0. The molecule has 0 spiro atoms. The van der Waals surface area contributed by atoms with Crippen LogP contribution >= 0.6 is 11.8 Å². The van der Waals surface area contributed by atoms with Crippen molar-refractivity contribution < 1.29 is 9.59 Å². The molecule has 1 aliphatic heterocycles. The summed E-state index contributed by atoms with van der Waals surface area (Å²) in [6.45, 7) is 9.57. The SMILES string of the molecule is C=CCCN(CCCC(=O)c1ccccc1)C(=O)C1CC(CC)C(C)S1. The fraction of sp³-hybridized carbons (Fsp3) is 0.545. The van der Waals surface area contributed by atoms with Crippen molar-refractivity contribution in [1.29, 1.82) is 0 Å². The molecule has 1 heterocycles. The largest absolute Gasteiger partial charge is 0.341 e. The lowest BCUT2D eigenvalue weighted by Gasteiger charge is -2.25. The van der Waals surface area contributed by atoms with E-state index in [9.17, 15) is 9.59 Å². The molecule has 26 heavy (non-hydrogen) atoms. The lowest BCUT2D eigenvalue weighted by Crippen LogP contribution is -2.38. The predicted molar refractivity (Wildman–Crippen MR) is 111 cm³/mol. The summed E-state index contributed by atoms with van der Waals surface area (Å²) in [6, 6.07) is 9.39. The number of ketones is 1. The second kappa shape index (κ2) is 10.6. The number of rotatable bonds is 10. The summed E-state index contributed by atoms with van der Waals surface area (Å²) in [6.07, 6.45) is 5.95. The first-order chi connectivity index (χ1) is 12.6. The molecule has 0 bridgehead atoms. The summed E-state index contributed by atoms with van der Waals surface area (Å²) in [5.41, 5.74) is 0.752. The zero-order chi connectivity index (χ0) is 18.9. The molecule has 0 N–H and O–H groups in total. The van der Waals surface area contributed by atoms with Crippen LogP contribution in [0.15, 0.2) is 43.0 Å². The van der Waals surface area contributed by atoms with E-state index in [4.69, 9.17) is 0 Å². The molecule has 142 valence electrons. The zero-order valence-corrected chi connectivity index (χ0v) is 16.8. The number of thioether (sulfide) groups is 1. The van der Waals surface area contributed by atoms with E-state index in [-0.39, 0.29) is 16.9 Å². The van der Waals surface area contributed by atoms with Crippen LogP contribution in [-0.4, -0.2) is 40.2 Å². The Hall–Kier alpha value is -1.55. The van der Waals surface area contributed by atoms with Gasteiger partial charge in [0.1, 0.15) is 0 Å². The first-order valence-corrected chi connectivity index (χ1v) is 10.6. The Labute approximate surface area is 162 Å². The molecule has 3 nitrogen and oxygen atoms in total. The Kier molecular flexibility index (Phi) is 8.43. The highest BCUT2D eigenvalue weighted by Gasteiger charge is 2.36. The minimum atomic E-state index is 0.0737. The molecule has 0 radical (unpaired) electrons. The third-order valence-electron chi connectivity index (χ3n) is 5.20. The van der Waals surface area contributed by atoms with Gasteiger partial charge in [0.05, 0.1) is 5.25 Å². The van der Waals surface area contributed by atoms with E-state index >= 15 is 0 Å². The van der Waals surface area contributed by atoms with E-state index in [1.165, 1.54) is 0 Å². The van der Waals surface area contributed by atoms with E-state index in [2.05, 4.69) is 20.4 Å². The molecule has 1 aromatic rings. The van der Waals surface area contributed by atoms with E-state index in [1.807, 2.05) is 53.1 Å². The Bertz CT molecular complexity index is 601. The summed E-state index contributed by atoms with van der Waals surface area (Å²) >= 11 is 1.82. The van der Waals surface area contributed by atoms with Crippen LogP contribution in [0.4, 0.5) is 0 Å². The van der Waals surface area contributed by atoms with E-state index in [1.54, 1.807) is 0 Å². The van der Waals surface area contributed by atoms with Crippen LogP contribution in [0.1, 0.15) is 56.3 Å². The quantitative estimate of drug-likeness (QED) is 0.429. The second-order valence-corrected chi connectivity index (χ2v) is 8.61. The predicted octanol–water partition coefficient (Wildman–Crippen LogP) is 4.97. The molecule has 0 aromatic heterocycles. The molecule has 0 aliphatic carbocycles. The first-order valence-electron chi connectivity index (χ1n) is 9.70. The molecule has 3 atom stereocenters. The average molecular weight is 374 g/mol. The van der Waals surface area contributed by atoms with Gasteiger partial charge in [-0.2, -0.15) is 0 Å². The van der Waals surface area contributed by atoms with Gasteiger partial charge in [0.15, 0.2) is 5.78 Å². The third-order valence-corrected chi connectivity index (χ3v) is 6.74. The number of nitrogens with zero attached hydrogens (tertiary/aromatic N) is 1. The first kappa shape index (κ1) is 20.8. The summed E-state index contributed by atoms with van der Waals surface area (Å²) in [5.74, 6) is 1.03. The highest BCUT2D eigenvalue weighted by atomic mass is 32.2. The van der Waals surface area contributed by atoms with E-state index in [0.29, 0.717) is 37.1 Å². The fourth-order valence-corrected chi connectivity index (χ4v) is 5.20. The van der Waals surface area contributed by atoms with E-state index < -0.39 is 0 Å². The number of amides is 1. The number of carbonyl (C=O) groups excluding carboxylic acids is 2. The van der Waals surface area contributed by atoms with E-state index in [0.717, 1.165) is 24.8 Å². The molecule has 1 aliphatic rings. The number of carbonyl (C=O) groups is 2. The van der Waals surface area contributed by atoms with Gasteiger partial charge >= 0.3 is 0 Å².